The van der Waals surface area contributed by atoms with Crippen molar-refractivity contribution in [2.24, 2.45) is 0 Å². The summed E-state index contributed by atoms with van der Waals surface area (Å²) >= 11 is 0. The molecule has 5 nitrogen and oxygen atoms in total. The summed E-state index contributed by atoms with van der Waals surface area (Å²) in [5.74, 6) is 0. The first kappa shape index (κ1) is 46.3. The van der Waals surface area contributed by atoms with E-state index < -0.39 is 0 Å². The lowest BCUT2D eigenvalue weighted by Gasteiger charge is -2.19. The second kappa shape index (κ2) is 41.5. The zero-order chi connectivity index (χ0) is 34.1. The van der Waals surface area contributed by atoms with Gasteiger partial charge in [0.15, 0.2) is 0 Å². The van der Waals surface area contributed by atoms with Crippen LogP contribution < -0.4 is 0 Å². The van der Waals surface area contributed by atoms with Crippen LogP contribution in [-0.4, -0.2) is 62.1 Å². The summed E-state index contributed by atoms with van der Waals surface area (Å²) in [4.78, 5) is 0. The molecule has 0 saturated carbocycles. The van der Waals surface area contributed by atoms with Crippen LogP contribution in [0.2, 0.25) is 0 Å². The van der Waals surface area contributed by atoms with E-state index in [1.165, 1.54) is 167 Å². The van der Waals surface area contributed by atoms with E-state index in [-0.39, 0.29) is 25.4 Å². The summed E-state index contributed by atoms with van der Waals surface area (Å²) in [5, 5.41) is 19.3. The number of aliphatic hydroxyl groups excluding tert-OH is 2. The number of ether oxygens (including phenoxy) is 3. The van der Waals surface area contributed by atoms with Gasteiger partial charge in [-0.15, -0.1) is 0 Å². The predicted octanol–water partition coefficient (Wildman–Crippen LogP) is 11.8. The molecule has 0 aromatic carbocycles. The van der Waals surface area contributed by atoms with Crippen molar-refractivity contribution >= 4 is 0 Å². The molecule has 0 fully saturated rings. The maximum Gasteiger partial charge on any atom is 0.104 e. The van der Waals surface area contributed by atoms with E-state index in [0.29, 0.717) is 26.4 Å². The van der Waals surface area contributed by atoms with Gasteiger partial charge in [-0.25, -0.2) is 0 Å². The average Bonchev–Trinajstić information content (AvgIpc) is 3.09. The molecule has 0 aliphatic rings. The number of rotatable bonds is 40. The third-order valence-electron chi connectivity index (χ3n) is 9.03. The van der Waals surface area contributed by atoms with Gasteiger partial charge in [0, 0.05) is 13.2 Å². The fourth-order valence-corrected chi connectivity index (χ4v) is 5.84. The molecule has 0 aromatic heterocycles. The van der Waals surface area contributed by atoms with Crippen molar-refractivity contribution in [1.29, 1.82) is 0 Å². The summed E-state index contributed by atoms with van der Waals surface area (Å²) in [7, 11) is 0. The van der Waals surface area contributed by atoms with Crippen LogP contribution in [0.25, 0.3) is 0 Å². The minimum absolute atomic E-state index is 0.0491. The molecular formula is C42H82O5. The first-order chi connectivity index (χ1) is 23.3. The molecule has 0 bridgehead atoms. The van der Waals surface area contributed by atoms with Crippen LogP contribution in [0.15, 0.2) is 24.3 Å². The summed E-state index contributed by atoms with van der Waals surface area (Å²) in [6.07, 6.45) is 45.0. The molecule has 0 saturated heterocycles. The smallest absolute Gasteiger partial charge is 0.104 e. The van der Waals surface area contributed by atoms with E-state index >= 15 is 0 Å². The normalized spacial score (nSPS) is 13.4. The number of aliphatic hydroxyl groups is 2. The molecule has 2 unspecified atom stereocenters. The number of unbranched alkanes of at least 4 members (excludes halogenated alkanes) is 24. The lowest BCUT2D eigenvalue weighted by atomic mass is 10.1. The van der Waals surface area contributed by atoms with Gasteiger partial charge in [-0.05, 0) is 64.2 Å². The van der Waals surface area contributed by atoms with Crippen molar-refractivity contribution in [2.75, 3.05) is 39.6 Å². The van der Waals surface area contributed by atoms with Crippen LogP contribution in [0.3, 0.4) is 0 Å². The number of hydrogen-bond acceptors (Lipinski definition) is 5. The predicted molar refractivity (Wildman–Crippen MR) is 203 cm³/mol. The lowest BCUT2D eigenvalue weighted by Crippen LogP contribution is -2.30. The molecule has 0 heterocycles. The average molecular weight is 667 g/mol. The van der Waals surface area contributed by atoms with E-state index in [1.807, 2.05) is 0 Å². The van der Waals surface area contributed by atoms with Crippen molar-refractivity contribution in [3.8, 4) is 0 Å². The Morgan fingerprint density at radius 1 is 0.383 bits per heavy atom. The molecule has 0 aliphatic heterocycles. The molecule has 280 valence electrons. The van der Waals surface area contributed by atoms with Crippen LogP contribution in [-0.2, 0) is 14.2 Å². The minimum atomic E-state index is -0.312. The van der Waals surface area contributed by atoms with E-state index in [4.69, 9.17) is 14.2 Å². The Morgan fingerprint density at radius 2 is 0.660 bits per heavy atom. The van der Waals surface area contributed by atoms with E-state index in [1.54, 1.807) is 0 Å². The lowest BCUT2D eigenvalue weighted by molar-refractivity contribution is -0.0814. The van der Waals surface area contributed by atoms with Gasteiger partial charge < -0.3 is 24.4 Å². The van der Waals surface area contributed by atoms with Gasteiger partial charge in [-0.2, -0.15) is 0 Å². The largest absolute Gasteiger partial charge is 0.394 e. The Labute approximate surface area is 293 Å². The van der Waals surface area contributed by atoms with Crippen LogP contribution in [0, 0.1) is 0 Å². The van der Waals surface area contributed by atoms with Crippen molar-refractivity contribution in [3.63, 3.8) is 0 Å². The van der Waals surface area contributed by atoms with Crippen molar-refractivity contribution in [3.05, 3.63) is 24.3 Å². The molecule has 0 amide bonds. The summed E-state index contributed by atoms with van der Waals surface area (Å²) < 4.78 is 17.4. The van der Waals surface area contributed by atoms with E-state index in [2.05, 4.69) is 38.2 Å². The third-order valence-corrected chi connectivity index (χ3v) is 9.03. The molecule has 0 spiro atoms. The molecular weight excluding hydrogens is 584 g/mol. The zero-order valence-corrected chi connectivity index (χ0v) is 31.6. The Kier molecular flexibility index (Phi) is 40.8. The van der Waals surface area contributed by atoms with Crippen LogP contribution >= 0.6 is 0 Å². The first-order valence-electron chi connectivity index (χ1n) is 20.6. The van der Waals surface area contributed by atoms with Crippen molar-refractivity contribution < 1.29 is 24.4 Å². The molecule has 5 heteroatoms. The molecule has 0 rings (SSSR count). The highest BCUT2D eigenvalue weighted by molar-refractivity contribution is 4.82. The van der Waals surface area contributed by atoms with Crippen LogP contribution in [0.5, 0.6) is 0 Å². The minimum Gasteiger partial charge on any atom is -0.394 e. The van der Waals surface area contributed by atoms with Crippen LogP contribution in [0.1, 0.15) is 194 Å². The second-order valence-electron chi connectivity index (χ2n) is 13.8. The molecule has 47 heavy (non-hydrogen) atoms. The Morgan fingerprint density at radius 3 is 0.957 bits per heavy atom. The number of allylic oxidation sites excluding steroid dienone is 4. The highest BCUT2D eigenvalue weighted by atomic mass is 16.6. The SMILES string of the molecule is CCCCCCCC/C=C\CCCCCCCCOC(CO)COCC(CO)OCCCCCCCC/C=C\CCCCCCCC. The Hall–Kier alpha value is -0.720. The van der Waals surface area contributed by atoms with Gasteiger partial charge >= 0.3 is 0 Å². The topological polar surface area (TPSA) is 68.2 Å². The Balaban J connectivity index is 3.52. The molecule has 0 radical (unpaired) electrons. The fraction of sp³-hybridized carbons (Fsp3) is 0.905. The highest BCUT2D eigenvalue weighted by Crippen LogP contribution is 2.12. The fourth-order valence-electron chi connectivity index (χ4n) is 5.84. The molecule has 0 aromatic rings. The van der Waals surface area contributed by atoms with Crippen molar-refractivity contribution in [2.45, 2.75) is 206 Å². The van der Waals surface area contributed by atoms with E-state index in [0.717, 1.165) is 12.8 Å². The second-order valence-corrected chi connectivity index (χ2v) is 13.8. The van der Waals surface area contributed by atoms with E-state index in [9.17, 15) is 10.2 Å². The summed E-state index contributed by atoms with van der Waals surface area (Å²) in [6.45, 7) is 6.43. The Bertz CT molecular complexity index is 570. The van der Waals surface area contributed by atoms with Crippen molar-refractivity contribution in [1.82, 2.24) is 0 Å². The maximum absolute atomic E-state index is 9.66. The van der Waals surface area contributed by atoms with Gasteiger partial charge in [0.25, 0.3) is 0 Å². The molecule has 2 N–H and O–H groups in total. The van der Waals surface area contributed by atoms with Crippen LogP contribution in [0.4, 0.5) is 0 Å². The maximum atomic E-state index is 9.66. The highest BCUT2D eigenvalue weighted by Gasteiger charge is 2.12. The molecule has 0 aliphatic carbocycles. The quantitative estimate of drug-likeness (QED) is 0.0503. The van der Waals surface area contributed by atoms with Gasteiger partial charge in [0.1, 0.15) is 12.2 Å². The third kappa shape index (κ3) is 37.9. The monoisotopic (exact) mass is 667 g/mol. The summed E-state index contributed by atoms with van der Waals surface area (Å²) in [6, 6.07) is 0. The van der Waals surface area contributed by atoms with Gasteiger partial charge in [0.05, 0.1) is 26.4 Å². The first-order valence-corrected chi connectivity index (χ1v) is 20.6. The summed E-state index contributed by atoms with van der Waals surface area (Å²) in [5.41, 5.74) is 0. The zero-order valence-electron chi connectivity index (χ0n) is 31.6. The van der Waals surface area contributed by atoms with Gasteiger partial charge in [-0.1, -0.05) is 154 Å². The standard InChI is InChI=1S/C42H82O5/c1-3-5-7-9-11-13-15-17-19-21-23-25-27-29-31-33-35-46-41(37-43)39-45-40-42(38-44)47-36-34-32-30-28-26-24-22-20-18-16-14-12-10-8-6-4-2/h17-20,41-44H,3-16,21-40H2,1-2H3/b19-17-,20-18-. The van der Waals surface area contributed by atoms with Gasteiger partial charge in [0.2, 0.25) is 0 Å². The molecule has 2 atom stereocenters. The number of hydrogen-bond donors (Lipinski definition) is 2. The van der Waals surface area contributed by atoms with Gasteiger partial charge in [-0.3, -0.25) is 0 Å².